The van der Waals surface area contributed by atoms with Gasteiger partial charge in [-0.25, -0.2) is 0 Å². The molecule has 1 amide bonds. The zero-order chi connectivity index (χ0) is 18.8. The van der Waals surface area contributed by atoms with Gasteiger partial charge in [0, 0.05) is 42.9 Å². The van der Waals surface area contributed by atoms with Crippen molar-refractivity contribution in [3.63, 3.8) is 0 Å². The summed E-state index contributed by atoms with van der Waals surface area (Å²) in [4.78, 5) is 23.3. The van der Waals surface area contributed by atoms with E-state index in [0.29, 0.717) is 16.4 Å². The van der Waals surface area contributed by atoms with Crippen molar-refractivity contribution in [1.29, 1.82) is 0 Å². The second kappa shape index (κ2) is 7.37. The summed E-state index contributed by atoms with van der Waals surface area (Å²) >= 11 is 6.16. The molecule has 0 fully saturated rings. The number of rotatable bonds is 3. The average Bonchev–Trinajstić information content (AvgIpc) is 2.69. The van der Waals surface area contributed by atoms with Crippen molar-refractivity contribution in [3.8, 4) is 11.3 Å². The Balaban J connectivity index is 1.52. The van der Waals surface area contributed by atoms with E-state index < -0.39 is 0 Å². The molecule has 0 saturated carbocycles. The van der Waals surface area contributed by atoms with Crippen LogP contribution in [0.4, 0.5) is 11.4 Å². The lowest BCUT2D eigenvalue weighted by molar-refractivity contribution is 0.102. The molecular weight excluding hydrogens is 360 g/mol. The van der Waals surface area contributed by atoms with Crippen molar-refractivity contribution in [3.05, 3.63) is 71.1 Å². The van der Waals surface area contributed by atoms with Crippen LogP contribution in [-0.4, -0.2) is 29.5 Å². The van der Waals surface area contributed by atoms with E-state index >= 15 is 0 Å². The Morgan fingerprint density at radius 3 is 2.85 bits per heavy atom. The summed E-state index contributed by atoms with van der Waals surface area (Å²) in [5, 5.41) is 3.48. The Labute approximate surface area is 163 Å². The smallest absolute Gasteiger partial charge is 0.274 e. The number of fused-ring (bicyclic) bond motifs is 1. The summed E-state index contributed by atoms with van der Waals surface area (Å²) < 4.78 is 0. The van der Waals surface area contributed by atoms with Crippen molar-refractivity contribution in [1.82, 2.24) is 9.97 Å². The molecule has 136 valence electrons. The fraction of sp³-hybridized carbons (Fsp3) is 0.190. The third-order valence-electron chi connectivity index (χ3n) is 4.72. The molecule has 0 unspecified atom stereocenters. The molecule has 0 atom stereocenters. The number of hydrogen-bond donors (Lipinski definition) is 1. The van der Waals surface area contributed by atoms with Crippen LogP contribution < -0.4 is 10.2 Å². The predicted molar refractivity (Wildman–Crippen MR) is 108 cm³/mol. The summed E-state index contributed by atoms with van der Waals surface area (Å²) in [5.74, 6) is -0.243. The third-order valence-corrected chi connectivity index (χ3v) is 5.03. The van der Waals surface area contributed by atoms with E-state index in [4.69, 9.17) is 11.6 Å². The van der Waals surface area contributed by atoms with Crippen LogP contribution in [0.1, 0.15) is 22.5 Å². The van der Waals surface area contributed by atoms with Gasteiger partial charge in [0.2, 0.25) is 0 Å². The lowest BCUT2D eigenvalue weighted by Crippen LogP contribution is -2.25. The summed E-state index contributed by atoms with van der Waals surface area (Å²) in [6.45, 7) is 1.03. The number of amides is 1. The number of benzene rings is 1. The monoisotopic (exact) mass is 378 g/mol. The molecular formula is C21H19ClN4O. The second-order valence-corrected chi connectivity index (χ2v) is 7.00. The second-order valence-electron chi connectivity index (χ2n) is 6.59. The van der Waals surface area contributed by atoms with E-state index in [1.807, 2.05) is 12.1 Å². The third kappa shape index (κ3) is 3.64. The number of hydrogen-bond acceptors (Lipinski definition) is 4. The number of carbonyl (C=O) groups is 1. The maximum absolute atomic E-state index is 12.5. The van der Waals surface area contributed by atoms with Crippen LogP contribution in [0.2, 0.25) is 5.02 Å². The SMILES string of the molecule is CN1CCCc2ccc(NC(=O)c3ccc(-c4ncccc4Cl)cn3)cc21. The first-order valence-corrected chi connectivity index (χ1v) is 9.22. The molecule has 27 heavy (non-hydrogen) atoms. The van der Waals surface area contributed by atoms with Crippen molar-refractivity contribution >= 4 is 28.9 Å². The highest BCUT2D eigenvalue weighted by atomic mass is 35.5. The molecule has 4 rings (SSSR count). The number of aryl methyl sites for hydroxylation is 1. The van der Waals surface area contributed by atoms with Gasteiger partial charge < -0.3 is 10.2 Å². The minimum absolute atomic E-state index is 0.243. The van der Waals surface area contributed by atoms with Crippen LogP contribution >= 0.6 is 11.6 Å². The highest BCUT2D eigenvalue weighted by Gasteiger charge is 2.15. The quantitative estimate of drug-likeness (QED) is 0.732. The molecule has 3 aromatic rings. The minimum atomic E-state index is -0.243. The first-order valence-electron chi connectivity index (χ1n) is 8.84. The van der Waals surface area contributed by atoms with Crippen LogP contribution in [-0.2, 0) is 6.42 Å². The number of aromatic nitrogens is 2. The fourth-order valence-corrected chi connectivity index (χ4v) is 3.53. The Bertz CT molecular complexity index is 988. The van der Waals surface area contributed by atoms with Crippen LogP contribution in [0.3, 0.4) is 0 Å². The van der Waals surface area contributed by atoms with Gasteiger partial charge in [-0.05, 0) is 54.8 Å². The topological polar surface area (TPSA) is 58.1 Å². The minimum Gasteiger partial charge on any atom is -0.374 e. The summed E-state index contributed by atoms with van der Waals surface area (Å²) in [7, 11) is 2.08. The molecule has 1 N–H and O–H groups in total. The molecule has 1 aromatic carbocycles. The number of pyridine rings is 2. The van der Waals surface area contributed by atoms with Gasteiger partial charge in [-0.15, -0.1) is 0 Å². The fourth-order valence-electron chi connectivity index (χ4n) is 3.30. The van der Waals surface area contributed by atoms with E-state index in [1.54, 1.807) is 36.7 Å². The van der Waals surface area contributed by atoms with Gasteiger partial charge in [-0.2, -0.15) is 0 Å². The van der Waals surface area contributed by atoms with Crippen molar-refractivity contribution in [2.75, 3.05) is 23.8 Å². The lowest BCUT2D eigenvalue weighted by Gasteiger charge is -2.28. The Kier molecular flexibility index (Phi) is 4.77. The maximum atomic E-state index is 12.5. The van der Waals surface area contributed by atoms with Gasteiger partial charge in [0.05, 0.1) is 10.7 Å². The molecule has 0 spiro atoms. The lowest BCUT2D eigenvalue weighted by atomic mass is 10.0. The standard InChI is InChI=1S/C21H19ClN4O/c1-26-11-3-4-14-6-8-16(12-19(14)26)25-21(27)18-9-7-15(13-24-18)20-17(22)5-2-10-23-20/h2,5-10,12-13H,3-4,11H2,1H3,(H,25,27). The number of nitrogens with one attached hydrogen (secondary N) is 1. The highest BCUT2D eigenvalue weighted by molar-refractivity contribution is 6.33. The van der Waals surface area contributed by atoms with Gasteiger partial charge in [-0.3, -0.25) is 14.8 Å². The summed E-state index contributed by atoms with van der Waals surface area (Å²) in [6.07, 6.45) is 5.53. The van der Waals surface area contributed by atoms with Gasteiger partial charge in [0.25, 0.3) is 5.91 Å². The summed E-state index contributed by atoms with van der Waals surface area (Å²) in [5.41, 5.74) is 5.02. The van der Waals surface area contributed by atoms with E-state index in [0.717, 1.165) is 30.6 Å². The van der Waals surface area contributed by atoms with Crippen LogP contribution in [0.5, 0.6) is 0 Å². The number of carbonyl (C=O) groups excluding carboxylic acids is 1. The molecule has 0 radical (unpaired) electrons. The molecule has 2 aromatic heterocycles. The molecule has 3 heterocycles. The van der Waals surface area contributed by atoms with E-state index in [-0.39, 0.29) is 5.91 Å². The van der Waals surface area contributed by atoms with E-state index in [1.165, 1.54) is 11.3 Å². The van der Waals surface area contributed by atoms with E-state index in [2.05, 4.69) is 33.3 Å². The maximum Gasteiger partial charge on any atom is 0.274 e. The predicted octanol–water partition coefficient (Wildman–Crippen LogP) is 4.43. The molecule has 6 heteroatoms. The van der Waals surface area contributed by atoms with Crippen molar-refractivity contribution in [2.24, 2.45) is 0 Å². The van der Waals surface area contributed by atoms with E-state index in [9.17, 15) is 4.79 Å². The number of anilines is 2. The molecule has 0 saturated heterocycles. The molecule has 5 nitrogen and oxygen atoms in total. The van der Waals surface area contributed by atoms with Gasteiger partial charge >= 0.3 is 0 Å². The van der Waals surface area contributed by atoms with Gasteiger partial charge in [0.1, 0.15) is 5.69 Å². The summed E-state index contributed by atoms with van der Waals surface area (Å²) in [6, 6.07) is 13.1. The first kappa shape index (κ1) is 17.5. The average molecular weight is 379 g/mol. The zero-order valence-electron chi connectivity index (χ0n) is 14.9. The Hall–Kier alpha value is -2.92. The van der Waals surface area contributed by atoms with Crippen LogP contribution in [0.25, 0.3) is 11.3 Å². The Morgan fingerprint density at radius 1 is 1.19 bits per heavy atom. The van der Waals surface area contributed by atoms with Gasteiger partial charge in [0.15, 0.2) is 0 Å². The van der Waals surface area contributed by atoms with Crippen LogP contribution in [0, 0.1) is 0 Å². The Morgan fingerprint density at radius 2 is 2.07 bits per heavy atom. The largest absolute Gasteiger partial charge is 0.374 e. The normalized spacial score (nSPS) is 13.2. The molecule has 0 aliphatic carbocycles. The first-order chi connectivity index (χ1) is 13.1. The molecule has 0 bridgehead atoms. The molecule has 1 aliphatic heterocycles. The highest BCUT2D eigenvalue weighted by Crippen LogP contribution is 2.29. The van der Waals surface area contributed by atoms with Gasteiger partial charge in [-0.1, -0.05) is 17.7 Å². The molecule has 1 aliphatic rings. The number of nitrogens with zero attached hydrogens (tertiary/aromatic N) is 3. The van der Waals surface area contributed by atoms with Crippen molar-refractivity contribution in [2.45, 2.75) is 12.8 Å². The van der Waals surface area contributed by atoms with Crippen LogP contribution in [0.15, 0.2) is 54.9 Å². The number of halogens is 1. The van der Waals surface area contributed by atoms with Crippen molar-refractivity contribution < 1.29 is 4.79 Å². The zero-order valence-corrected chi connectivity index (χ0v) is 15.7.